The lowest BCUT2D eigenvalue weighted by atomic mass is 10.1. The molecule has 1 aromatic rings. The van der Waals surface area contributed by atoms with Gasteiger partial charge in [-0.15, -0.1) is 0 Å². The first-order chi connectivity index (χ1) is 6.95. The average molecular weight is 218 g/mol. The maximum atomic E-state index is 12.2. The average Bonchev–Trinajstić information content (AvgIpc) is 2.20. The third-order valence-corrected chi connectivity index (χ3v) is 1.70. The molecule has 0 bridgehead atoms. The van der Waals surface area contributed by atoms with Crippen molar-refractivity contribution >= 4 is 6.29 Å². The van der Waals surface area contributed by atoms with Crippen LogP contribution in [0.25, 0.3) is 0 Å². The number of halogens is 3. The molecule has 0 N–H and O–H groups in total. The molecule has 0 unspecified atom stereocenters. The molecule has 0 atom stereocenters. The van der Waals surface area contributed by atoms with E-state index in [9.17, 15) is 18.0 Å². The summed E-state index contributed by atoms with van der Waals surface area (Å²) < 4.78 is 36.7. The van der Waals surface area contributed by atoms with Crippen LogP contribution in [-0.4, -0.2) is 6.29 Å². The number of hydrogen-bond acceptors (Lipinski definition) is 1. The third-order valence-electron chi connectivity index (χ3n) is 1.70. The maximum Gasteiger partial charge on any atom is 0.416 e. The highest BCUT2D eigenvalue weighted by atomic mass is 19.4. The van der Waals surface area contributed by atoms with Gasteiger partial charge in [-0.2, -0.15) is 13.2 Å². The number of carbonyl (C=O) groups is 1. The Balaban J connectivity index is 0.000000921. The number of rotatable bonds is 1. The monoisotopic (exact) mass is 218 g/mol. The fraction of sp³-hybridized carbons (Fsp3) is 0.364. The SMILES string of the molecule is CC.Cc1ccc(C=O)cc1C(F)(F)F. The first-order valence-corrected chi connectivity index (χ1v) is 4.58. The Labute approximate surface area is 86.9 Å². The summed E-state index contributed by atoms with van der Waals surface area (Å²) in [6.45, 7) is 5.36. The Morgan fingerprint density at radius 3 is 2.13 bits per heavy atom. The van der Waals surface area contributed by atoms with E-state index in [-0.39, 0.29) is 11.1 Å². The molecule has 0 amide bonds. The first kappa shape index (κ1) is 13.7. The van der Waals surface area contributed by atoms with Gasteiger partial charge in [-0.3, -0.25) is 4.79 Å². The van der Waals surface area contributed by atoms with Crippen LogP contribution in [0.1, 0.15) is 35.3 Å². The highest BCUT2D eigenvalue weighted by Crippen LogP contribution is 2.31. The quantitative estimate of drug-likeness (QED) is 0.654. The van der Waals surface area contributed by atoms with Crippen LogP contribution in [0.4, 0.5) is 13.2 Å². The van der Waals surface area contributed by atoms with Crippen molar-refractivity contribution in [3.8, 4) is 0 Å². The van der Waals surface area contributed by atoms with Crippen molar-refractivity contribution in [2.45, 2.75) is 26.9 Å². The minimum absolute atomic E-state index is 0.0397. The molecule has 0 saturated carbocycles. The summed E-state index contributed by atoms with van der Waals surface area (Å²) in [6, 6.07) is 3.49. The van der Waals surface area contributed by atoms with Crippen LogP contribution in [0.2, 0.25) is 0 Å². The van der Waals surface area contributed by atoms with Crippen molar-refractivity contribution in [1.82, 2.24) is 0 Å². The number of alkyl halides is 3. The van der Waals surface area contributed by atoms with Crippen LogP contribution in [0.3, 0.4) is 0 Å². The summed E-state index contributed by atoms with van der Waals surface area (Å²) in [5, 5.41) is 0. The Morgan fingerprint density at radius 1 is 1.20 bits per heavy atom. The molecule has 1 nitrogen and oxygen atoms in total. The molecule has 0 saturated heterocycles. The molecule has 84 valence electrons. The van der Waals surface area contributed by atoms with Crippen molar-refractivity contribution in [3.05, 3.63) is 34.9 Å². The van der Waals surface area contributed by atoms with Gasteiger partial charge in [0.05, 0.1) is 5.56 Å². The molecule has 0 aromatic heterocycles. The predicted molar refractivity (Wildman–Crippen MR) is 52.9 cm³/mol. The summed E-state index contributed by atoms with van der Waals surface area (Å²) in [7, 11) is 0. The van der Waals surface area contributed by atoms with E-state index in [0.29, 0.717) is 6.29 Å². The van der Waals surface area contributed by atoms with Crippen molar-refractivity contribution < 1.29 is 18.0 Å². The third kappa shape index (κ3) is 3.73. The Hall–Kier alpha value is -1.32. The summed E-state index contributed by atoms with van der Waals surface area (Å²) in [5.41, 5.74) is -0.590. The molecular formula is C11H13F3O. The lowest BCUT2D eigenvalue weighted by Crippen LogP contribution is -2.07. The zero-order chi connectivity index (χ0) is 12.1. The zero-order valence-corrected chi connectivity index (χ0v) is 8.85. The topological polar surface area (TPSA) is 17.1 Å². The second kappa shape index (κ2) is 5.53. The Kier molecular flexibility index (Phi) is 5.05. The lowest BCUT2D eigenvalue weighted by molar-refractivity contribution is -0.138. The summed E-state index contributed by atoms with van der Waals surface area (Å²) in [4.78, 5) is 10.2. The van der Waals surface area contributed by atoms with Gasteiger partial charge >= 0.3 is 6.18 Å². The van der Waals surface area contributed by atoms with Crippen LogP contribution in [0.15, 0.2) is 18.2 Å². The zero-order valence-electron chi connectivity index (χ0n) is 8.85. The van der Waals surface area contributed by atoms with E-state index < -0.39 is 11.7 Å². The van der Waals surface area contributed by atoms with Gasteiger partial charge in [0.15, 0.2) is 0 Å². The van der Waals surface area contributed by atoms with Gasteiger partial charge in [-0.05, 0) is 18.6 Å². The smallest absolute Gasteiger partial charge is 0.298 e. The van der Waals surface area contributed by atoms with E-state index in [1.165, 1.54) is 19.1 Å². The van der Waals surface area contributed by atoms with Crippen LogP contribution in [-0.2, 0) is 6.18 Å². The van der Waals surface area contributed by atoms with E-state index in [1.807, 2.05) is 13.8 Å². The van der Waals surface area contributed by atoms with Crippen LogP contribution in [0.5, 0.6) is 0 Å². The molecule has 0 aliphatic carbocycles. The van der Waals surface area contributed by atoms with Gasteiger partial charge in [-0.25, -0.2) is 0 Å². The van der Waals surface area contributed by atoms with Crippen LogP contribution >= 0.6 is 0 Å². The Morgan fingerprint density at radius 2 is 1.73 bits per heavy atom. The molecule has 0 spiro atoms. The molecule has 1 rings (SSSR count). The molecule has 4 heteroatoms. The van der Waals surface area contributed by atoms with Crippen molar-refractivity contribution in [1.29, 1.82) is 0 Å². The number of aldehydes is 1. The van der Waals surface area contributed by atoms with Gasteiger partial charge in [-0.1, -0.05) is 26.0 Å². The molecule has 0 heterocycles. The van der Waals surface area contributed by atoms with Crippen molar-refractivity contribution in [2.24, 2.45) is 0 Å². The predicted octanol–water partition coefficient (Wildman–Crippen LogP) is 3.85. The van der Waals surface area contributed by atoms with Gasteiger partial charge < -0.3 is 0 Å². The molecule has 15 heavy (non-hydrogen) atoms. The van der Waals surface area contributed by atoms with E-state index in [4.69, 9.17) is 0 Å². The normalized spacial score (nSPS) is 10.3. The largest absolute Gasteiger partial charge is 0.416 e. The van der Waals surface area contributed by atoms with E-state index >= 15 is 0 Å². The molecule has 0 aliphatic rings. The van der Waals surface area contributed by atoms with Gasteiger partial charge in [0.1, 0.15) is 6.29 Å². The number of benzene rings is 1. The van der Waals surface area contributed by atoms with Gasteiger partial charge in [0.2, 0.25) is 0 Å². The molecule has 1 aromatic carbocycles. The molecule has 0 fully saturated rings. The van der Waals surface area contributed by atoms with Gasteiger partial charge in [0, 0.05) is 5.56 Å². The number of carbonyl (C=O) groups excluding carboxylic acids is 1. The summed E-state index contributed by atoms with van der Waals surface area (Å²) in [6.07, 6.45) is -3.99. The highest BCUT2D eigenvalue weighted by molar-refractivity contribution is 5.75. The first-order valence-electron chi connectivity index (χ1n) is 4.58. The second-order valence-corrected chi connectivity index (χ2v) is 2.69. The summed E-state index contributed by atoms with van der Waals surface area (Å²) in [5.74, 6) is 0. The van der Waals surface area contributed by atoms with E-state index in [0.717, 1.165) is 6.07 Å². The van der Waals surface area contributed by atoms with Crippen LogP contribution < -0.4 is 0 Å². The Bertz CT molecular complexity index is 329. The summed E-state index contributed by atoms with van der Waals surface area (Å²) >= 11 is 0. The van der Waals surface area contributed by atoms with Gasteiger partial charge in [0.25, 0.3) is 0 Å². The molecule has 0 aliphatic heterocycles. The molecular weight excluding hydrogens is 205 g/mol. The van der Waals surface area contributed by atoms with E-state index in [2.05, 4.69) is 0 Å². The second-order valence-electron chi connectivity index (χ2n) is 2.69. The minimum Gasteiger partial charge on any atom is -0.298 e. The fourth-order valence-electron chi connectivity index (χ4n) is 1.02. The molecule has 0 radical (unpaired) electrons. The van der Waals surface area contributed by atoms with Crippen molar-refractivity contribution in [3.63, 3.8) is 0 Å². The standard InChI is InChI=1S/C9H7F3O.C2H6/c1-6-2-3-7(5-13)4-8(6)9(10,11)12;1-2/h2-5H,1H3;1-2H3. The fourth-order valence-corrected chi connectivity index (χ4v) is 1.02. The number of hydrogen-bond donors (Lipinski definition) is 0. The highest BCUT2D eigenvalue weighted by Gasteiger charge is 2.32. The van der Waals surface area contributed by atoms with Crippen LogP contribution in [0, 0.1) is 6.92 Å². The lowest BCUT2D eigenvalue weighted by Gasteiger charge is -2.09. The minimum atomic E-state index is -4.39. The van der Waals surface area contributed by atoms with E-state index in [1.54, 1.807) is 0 Å². The van der Waals surface area contributed by atoms with Crippen molar-refractivity contribution in [2.75, 3.05) is 0 Å². The maximum absolute atomic E-state index is 12.2. The number of aryl methyl sites for hydroxylation is 1.